The Morgan fingerprint density at radius 1 is 1.36 bits per heavy atom. The van der Waals surface area contributed by atoms with Crippen molar-refractivity contribution in [2.45, 2.75) is 40.0 Å². The predicted octanol–water partition coefficient (Wildman–Crippen LogP) is 3.20. The standard InChI is InChI=1S/C10H16S/c1-9(2)7-4-5-10(9,3)8(11)6-7/h7H,4-6H2,1-3H3/t7-,10-/m1/s1. The second-order valence-electron chi connectivity index (χ2n) is 4.92. The fraction of sp³-hybridized carbons (Fsp3) is 0.900. The highest BCUT2D eigenvalue weighted by molar-refractivity contribution is 7.80. The lowest BCUT2D eigenvalue weighted by Gasteiger charge is -2.34. The molecule has 0 aromatic rings. The fourth-order valence-electron chi connectivity index (χ4n) is 2.90. The second kappa shape index (κ2) is 1.87. The molecule has 2 aliphatic carbocycles. The van der Waals surface area contributed by atoms with Gasteiger partial charge in [-0.25, -0.2) is 0 Å². The van der Waals surface area contributed by atoms with Crippen LogP contribution in [0.5, 0.6) is 0 Å². The molecular weight excluding hydrogens is 152 g/mol. The summed E-state index contributed by atoms with van der Waals surface area (Å²) in [7, 11) is 0. The van der Waals surface area contributed by atoms with E-state index < -0.39 is 0 Å². The number of thiocarbonyl (C=S) groups is 1. The van der Waals surface area contributed by atoms with Crippen molar-refractivity contribution in [3.05, 3.63) is 0 Å². The topological polar surface area (TPSA) is 0 Å². The molecule has 0 aromatic heterocycles. The van der Waals surface area contributed by atoms with E-state index in [9.17, 15) is 0 Å². The molecule has 2 bridgehead atoms. The van der Waals surface area contributed by atoms with Crippen molar-refractivity contribution >= 4 is 17.1 Å². The van der Waals surface area contributed by atoms with Gasteiger partial charge in [0.15, 0.2) is 0 Å². The van der Waals surface area contributed by atoms with E-state index in [0.717, 1.165) is 5.92 Å². The molecule has 0 aliphatic heterocycles. The van der Waals surface area contributed by atoms with E-state index in [1.807, 2.05) is 0 Å². The summed E-state index contributed by atoms with van der Waals surface area (Å²) in [4.78, 5) is 1.35. The van der Waals surface area contributed by atoms with Crippen LogP contribution in [0, 0.1) is 16.7 Å². The minimum absolute atomic E-state index is 0.396. The van der Waals surface area contributed by atoms with Gasteiger partial charge in [0.1, 0.15) is 0 Å². The molecule has 1 heteroatoms. The van der Waals surface area contributed by atoms with Gasteiger partial charge in [-0.3, -0.25) is 0 Å². The highest BCUT2D eigenvalue weighted by atomic mass is 32.1. The molecule has 11 heavy (non-hydrogen) atoms. The summed E-state index contributed by atoms with van der Waals surface area (Å²) in [6.07, 6.45) is 3.96. The molecule has 2 rings (SSSR count). The van der Waals surface area contributed by atoms with E-state index in [1.54, 1.807) is 0 Å². The minimum atomic E-state index is 0.396. The quantitative estimate of drug-likeness (QED) is 0.500. The Morgan fingerprint density at radius 3 is 2.18 bits per heavy atom. The largest absolute Gasteiger partial charge is 0.0891 e. The van der Waals surface area contributed by atoms with Crippen molar-refractivity contribution < 1.29 is 0 Å². The molecule has 0 aromatic carbocycles. The van der Waals surface area contributed by atoms with Gasteiger partial charge in [0.25, 0.3) is 0 Å². The van der Waals surface area contributed by atoms with Crippen LogP contribution < -0.4 is 0 Å². The summed E-state index contributed by atoms with van der Waals surface area (Å²) in [6.45, 7) is 7.15. The Bertz CT molecular complexity index is 217. The van der Waals surface area contributed by atoms with Gasteiger partial charge >= 0.3 is 0 Å². The lowest BCUT2D eigenvalue weighted by Crippen LogP contribution is -2.31. The van der Waals surface area contributed by atoms with Gasteiger partial charge in [-0.1, -0.05) is 33.0 Å². The zero-order valence-corrected chi connectivity index (χ0v) is 8.42. The van der Waals surface area contributed by atoms with E-state index in [1.165, 1.54) is 24.1 Å². The lowest BCUT2D eigenvalue weighted by atomic mass is 9.71. The highest BCUT2D eigenvalue weighted by Crippen LogP contribution is 2.63. The monoisotopic (exact) mass is 168 g/mol. The van der Waals surface area contributed by atoms with Crippen LogP contribution in [0.1, 0.15) is 40.0 Å². The first-order valence-electron chi connectivity index (χ1n) is 4.52. The van der Waals surface area contributed by atoms with Gasteiger partial charge in [-0.15, -0.1) is 0 Å². The normalized spacial score (nSPS) is 46.8. The predicted molar refractivity (Wildman–Crippen MR) is 51.8 cm³/mol. The van der Waals surface area contributed by atoms with Crippen LogP contribution in [-0.4, -0.2) is 4.86 Å². The third-order valence-electron chi connectivity index (χ3n) is 4.48. The molecular formula is C10H16S. The van der Waals surface area contributed by atoms with E-state index in [-0.39, 0.29) is 0 Å². The van der Waals surface area contributed by atoms with Crippen LogP contribution in [0.3, 0.4) is 0 Å². The van der Waals surface area contributed by atoms with Crippen molar-refractivity contribution in [2.75, 3.05) is 0 Å². The molecule has 0 radical (unpaired) electrons. The first-order valence-corrected chi connectivity index (χ1v) is 4.92. The molecule has 0 unspecified atom stereocenters. The van der Waals surface area contributed by atoms with Gasteiger partial charge in [0.2, 0.25) is 0 Å². The molecule has 2 aliphatic rings. The van der Waals surface area contributed by atoms with Gasteiger partial charge in [0, 0.05) is 5.41 Å². The van der Waals surface area contributed by atoms with E-state index in [2.05, 4.69) is 20.8 Å². The highest BCUT2D eigenvalue weighted by Gasteiger charge is 2.58. The van der Waals surface area contributed by atoms with Crippen LogP contribution >= 0.6 is 12.2 Å². The van der Waals surface area contributed by atoms with Crippen LogP contribution in [0.4, 0.5) is 0 Å². The maximum atomic E-state index is 5.43. The Hall–Kier alpha value is 0.0900. The molecule has 0 N–H and O–H groups in total. The zero-order valence-electron chi connectivity index (χ0n) is 7.61. The summed E-state index contributed by atoms with van der Waals surface area (Å²) < 4.78 is 0. The van der Waals surface area contributed by atoms with Crippen LogP contribution in [0.15, 0.2) is 0 Å². The first kappa shape index (κ1) is 7.72. The van der Waals surface area contributed by atoms with Gasteiger partial charge in [-0.2, -0.15) is 0 Å². The molecule has 0 amide bonds. The van der Waals surface area contributed by atoms with Gasteiger partial charge < -0.3 is 0 Å². The molecule has 2 saturated carbocycles. The average Bonchev–Trinajstić information content (AvgIpc) is 2.20. The van der Waals surface area contributed by atoms with E-state index >= 15 is 0 Å². The Balaban J connectivity index is 2.47. The van der Waals surface area contributed by atoms with E-state index in [4.69, 9.17) is 12.2 Å². The molecule has 0 spiro atoms. The number of hydrogen-bond acceptors (Lipinski definition) is 1. The van der Waals surface area contributed by atoms with Crippen molar-refractivity contribution in [1.29, 1.82) is 0 Å². The lowest BCUT2D eigenvalue weighted by molar-refractivity contribution is 0.195. The molecule has 2 fully saturated rings. The SMILES string of the molecule is CC1(C)[C@@H]2CC[C@]1(C)C(=S)C2. The summed E-state index contributed by atoms with van der Waals surface area (Å²) in [6, 6.07) is 0. The summed E-state index contributed by atoms with van der Waals surface area (Å²) in [5.74, 6) is 0.889. The average molecular weight is 168 g/mol. The summed E-state index contributed by atoms with van der Waals surface area (Å²) in [5, 5.41) is 0. The fourth-order valence-corrected chi connectivity index (χ4v) is 3.47. The van der Waals surface area contributed by atoms with Crippen molar-refractivity contribution in [3.8, 4) is 0 Å². The Morgan fingerprint density at radius 2 is 2.00 bits per heavy atom. The van der Waals surface area contributed by atoms with Crippen molar-refractivity contribution in [3.63, 3.8) is 0 Å². The second-order valence-corrected chi connectivity index (χ2v) is 5.41. The number of hydrogen-bond donors (Lipinski definition) is 0. The maximum absolute atomic E-state index is 5.43. The molecule has 2 atom stereocenters. The minimum Gasteiger partial charge on any atom is -0.0891 e. The Kier molecular flexibility index (Phi) is 1.32. The zero-order chi connectivity index (χ0) is 8.28. The van der Waals surface area contributed by atoms with Crippen LogP contribution in [-0.2, 0) is 0 Å². The first-order chi connectivity index (χ1) is 4.98. The third kappa shape index (κ3) is 0.683. The third-order valence-corrected chi connectivity index (χ3v) is 5.10. The van der Waals surface area contributed by atoms with Crippen LogP contribution in [0.2, 0.25) is 0 Å². The maximum Gasteiger partial charge on any atom is 0.00424 e. The number of fused-ring (bicyclic) bond motifs is 2. The van der Waals surface area contributed by atoms with Crippen molar-refractivity contribution in [1.82, 2.24) is 0 Å². The molecule has 0 saturated heterocycles. The van der Waals surface area contributed by atoms with Gasteiger partial charge in [0.05, 0.1) is 0 Å². The smallest absolute Gasteiger partial charge is 0.00424 e. The van der Waals surface area contributed by atoms with E-state index in [0.29, 0.717) is 10.8 Å². The molecule has 0 nitrogen and oxygen atoms in total. The summed E-state index contributed by atoms with van der Waals surface area (Å²) >= 11 is 5.43. The summed E-state index contributed by atoms with van der Waals surface area (Å²) in [5.41, 5.74) is 0.886. The molecule has 0 heterocycles. The Labute approximate surface area is 74.4 Å². The van der Waals surface area contributed by atoms with Gasteiger partial charge in [-0.05, 0) is 35.5 Å². The van der Waals surface area contributed by atoms with Crippen LogP contribution in [0.25, 0.3) is 0 Å². The van der Waals surface area contributed by atoms with Crippen molar-refractivity contribution in [2.24, 2.45) is 16.7 Å². The molecule has 62 valence electrons. The number of rotatable bonds is 0.